The Bertz CT molecular complexity index is 277. The second kappa shape index (κ2) is 4.72. The number of hydrogen-bond donors (Lipinski definition) is 0. The van der Waals surface area contributed by atoms with E-state index in [0.29, 0.717) is 0 Å². The van der Waals surface area contributed by atoms with Gasteiger partial charge in [-0.25, -0.2) is 9.90 Å². The highest BCUT2D eigenvalue weighted by Crippen LogP contribution is 2.25. The van der Waals surface area contributed by atoms with Crippen molar-refractivity contribution in [3.05, 3.63) is 17.2 Å². The van der Waals surface area contributed by atoms with Crippen LogP contribution in [0.3, 0.4) is 0 Å². The molecule has 0 N–H and O–H groups in total. The van der Waals surface area contributed by atoms with Gasteiger partial charge in [-0.15, -0.1) is 0 Å². The van der Waals surface area contributed by atoms with Gasteiger partial charge in [0.15, 0.2) is 0 Å². The summed E-state index contributed by atoms with van der Waals surface area (Å²) in [7, 11) is 2.49. The lowest BCUT2D eigenvalue weighted by molar-refractivity contribution is -0.137. The summed E-state index contributed by atoms with van der Waals surface area (Å²) >= 11 is 0. The number of esters is 1. The van der Waals surface area contributed by atoms with E-state index in [9.17, 15) is 9.90 Å². The van der Waals surface area contributed by atoms with E-state index < -0.39 is 17.3 Å². The number of ether oxygens (including phenoxy) is 2. The van der Waals surface area contributed by atoms with Crippen molar-refractivity contribution >= 4 is 5.97 Å². The molecule has 0 saturated heterocycles. The highest BCUT2D eigenvalue weighted by Gasteiger charge is 2.25. The lowest BCUT2D eigenvalue weighted by Gasteiger charge is -2.18. The van der Waals surface area contributed by atoms with Crippen LogP contribution in [0.25, 0.3) is 0 Å². The van der Waals surface area contributed by atoms with Crippen LogP contribution in [0.15, 0.2) is 17.2 Å². The number of methoxy groups -OCH3 is 2. The molecular formula is C10H15O4. The van der Waals surface area contributed by atoms with Crippen molar-refractivity contribution in [3.63, 3.8) is 0 Å². The van der Waals surface area contributed by atoms with E-state index in [4.69, 9.17) is 0 Å². The normalized spacial score (nSPS) is 10.1. The molecule has 0 saturated carbocycles. The molecule has 0 heterocycles. The molecule has 0 unspecified atom stereocenters. The molecule has 0 aromatic heterocycles. The molecule has 0 aromatic carbocycles. The van der Waals surface area contributed by atoms with Crippen LogP contribution < -0.4 is 0 Å². The summed E-state index contributed by atoms with van der Waals surface area (Å²) in [6, 6.07) is 0. The molecule has 79 valence electrons. The van der Waals surface area contributed by atoms with Gasteiger partial charge in [0, 0.05) is 5.41 Å². The SMILES string of the molecule is COC(=O)C(=C=C([O])OC)C(C)(C)C. The second-order valence-corrected chi connectivity index (χ2v) is 3.73. The first kappa shape index (κ1) is 12.6. The van der Waals surface area contributed by atoms with Gasteiger partial charge >= 0.3 is 11.9 Å². The molecule has 0 aliphatic carbocycles. The van der Waals surface area contributed by atoms with Gasteiger partial charge < -0.3 is 9.47 Å². The largest absolute Gasteiger partial charge is 0.465 e. The van der Waals surface area contributed by atoms with Crippen LogP contribution in [0.4, 0.5) is 0 Å². The summed E-state index contributed by atoms with van der Waals surface area (Å²) in [5, 5.41) is 10.9. The summed E-state index contributed by atoms with van der Waals surface area (Å²) in [5.74, 6) is -1.25. The maximum atomic E-state index is 11.3. The minimum absolute atomic E-state index is 0.173. The molecule has 0 aromatic rings. The van der Waals surface area contributed by atoms with Crippen LogP contribution in [0.2, 0.25) is 0 Å². The van der Waals surface area contributed by atoms with Gasteiger partial charge in [-0.2, -0.15) is 0 Å². The third-order valence-corrected chi connectivity index (χ3v) is 1.55. The monoisotopic (exact) mass is 199 g/mol. The summed E-state index contributed by atoms with van der Waals surface area (Å²) in [6.07, 6.45) is 0. The van der Waals surface area contributed by atoms with Gasteiger partial charge in [-0.05, 0) is 5.73 Å². The predicted octanol–water partition coefficient (Wildman–Crippen LogP) is 1.65. The Morgan fingerprint density at radius 3 is 1.93 bits per heavy atom. The minimum Gasteiger partial charge on any atom is -0.465 e. The van der Waals surface area contributed by atoms with Crippen molar-refractivity contribution in [2.24, 2.45) is 5.41 Å². The molecule has 0 bridgehead atoms. The highest BCUT2D eigenvalue weighted by atomic mass is 16.6. The van der Waals surface area contributed by atoms with Crippen molar-refractivity contribution in [3.8, 4) is 0 Å². The number of carbonyl (C=O) groups is 1. The summed E-state index contributed by atoms with van der Waals surface area (Å²) in [6.45, 7) is 5.36. The summed E-state index contributed by atoms with van der Waals surface area (Å²) in [5.41, 5.74) is 2.01. The molecule has 0 amide bonds. The highest BCUT2D eigenvalue weighted by molar-refractivity contribution is 5.89. The number of hydrogen-bond acceptors (Lipinski definition) is 3. The van der Waals surface area contributed by atoms with Crippen LogP contribution in [0.1, 0.15) is 20.8 Å². The van der Waals surface area contributed by atoms with Crippen molar-refractivity contribution in [2.75, 3.05) is 14.2 Å². The van der Waals surface area contributed by atoms with E-state index in [1.54, 1.807) is 20.8 Å². The van der Waals surface area contributed by atoms with Crippen LogP contribution in [0, 0.1) is 5.41 Å². The molecule has 1 radical (unpaired) electrons. The van der Waals surface area contributed by atoms with Crippen molar-refractivity contribution in [1.82, 2.24) is 0 Å². The van der Waals surface area contributed by atoms with Crippen LogP contribution in [-0.2, 0) is 19.4 Å². The Kier molecular flexibility index (Phi) is 4.25. The van der Waals surface area contributed by atoms with Gasteiger partial charge in [0.1, 0.15) is 0 Å². The molecule has 0 rings (SSSR count). The quantitative estimate of drug-likeness (QED) is 0.294. The van der Waals surface area contributed by atoms with Crippen LogP contribution >= 0.6 is 0 Å². The van der Waals surface area contributed by atoms with Gasteiger partial charge in [0.25, 0.3) is 0 Å². The predicted molar refractivity (Wildman–Crippen MR) is 49.7 cm³/mol. The lowest BCUT2D eigenvalue weighted by atomic mass is 9.87. The van der Waals surface area contributed by atoms with Crippen LogP contribution in [-0.4, -0.2) is 20.2 Å². The first-order valence-electron chi connectivity index (χ1n) is 4.13. The summed E-state index contributed by atoms with van der Waals surface area (Å²) < 4.78 is 8.93. The van der Waals surface area contributed by atoms with Gasteiger partial charge in [-0.3, -0.25) is 0 Å². The third kappa shape index (κ3) is 3.54. The fourth-order valence-corrected chi connectivity index (χ4v) is 0.800. The van der Waals surface area contributed by atoms with E-state index in [-0.39, 0.29) is 5.57 Å². The minimum atomic E-state index is -0.680. The van der Waals surface area contributed by atoms with E-state index in [1.165, 1.54) is 14.2 Å². The zero-order chi connectivity index (χ0) is 11.4. The topological polar surface area (TPSA) is 55.4 Å². The van der Waals surface area contributed by atoms with Gasteiger partial charge in [0.05, 0.1) is 19.8 Å². The molecule has 4 nitrogen and oxygen atoms in total. The van der Waals surface area contributed by atoms with Crippen molar-refractivity contribution in [1.29, 1.82) is 0 Å². The molecule has 0 atom stereocenters. The fraction of sp³-hybridized carbons (Fsp3) is 0.600. The first-order chi connectivity index (χ1) is 6.32. The van der Waals surface area contributed by atoms with Gasteiger partial charge in [-0.1, -0.05) is 20.8 Å². The average Bonchev–Trinajstić information content (AvgIpc) is 2.10. The maximum Gasteiger partial charge on any atom is 0.376 e. The maximum absolute atomic E-state index is 11.3. The average molecular weight is 199 g/mol. The van der Waals surface area contributed by atoms with E-state index in [2.05, 4.69) is 15.2 Å². The van der Waals surface area contributed by atoms with Crippen LogP contribution in [0.5, 0.6) is 0 Å². The molecular weight excluding hydrogens is 184 g/mol. The first-order valence-corrected chi connectivity index (χ1v) is 4.13. The van der Waals surface area contributed by atoms with Crippen molar-refractivity contribution < 1.29 is 19.4 Å². The van der Waals surface area contributed by atoms with E-state index in [0.717, 1.165) is 0 Å². The third-order valence-electron chi connectivity index (χ3n) is 1.55. The van der Waals surface area contributed by atoms with Gasteiger partial charge in [0.2, 0.25) is 0 Å². The molecule has 0 fully saturated rings. The Labute approximate surface area is 83.8 Å². The van der Waals surface area contributed by atoms with Crippen molar-refractivity contribution in [2.45, 2.75) is 20.8 Å². The second-order valence-electron chi connectivity index (χ2n) is 3.73. The molecule has 0 spiro atoms. The standard InChI is InChI=1S/C10H15O4/c1-10(2,3)7(9(12)14-5)6-8(11)13-4/h1-5H3. The van der Waals surface area contributed by atoms with E-state index >= 15 is 0 Å². The molecule has 14 heavy (non-hydrogen) atoms. The fourth-order valence-electron chi connectivity index (χ4n) is 0.800. The zero-order valence-electron chi connectivity index (χ0n) is 9.13. The molecule has 0 aliphatic rings. The van der Waals surface area contributed by atoms with E-state index in [1.807, 2.05) is 0 Å². The number of carbonyl (C=O) groups excluding carboxylic acids is 1. The Balaban J connectivity index is 5.34. The molecule has 0 aliphatic heterocycles. The lowest BCUT2D eigenvalue weighted by Crippen LogP contribution is -2.18. The summed E-state index contributed by atoms with van der Waals surface area (Å²) in [4.78, 5) is 11.3. The zero-order valence-corrected chi connectivity index (χ0v) is 9.13. The molecule has 4 heteroatoms. The smallest absolute Gasteiger partial charge is 0.376 e. The Morgan fingerprint density at radius 2 is 1.64 bits per heavy atom. The Morgan fingerprint density at radius 1 is 1.14 bits per heavy atom. The number of rotatable bonds is 2. The Hall–Kier alpha value is -1.41.